The molecule has 2 aromatic heterocycles. The lowest BCUT2D eigenvalue weighted by Gasteiger charge is -2.10. The first-order valence-electron chi connectivity index (χ1n) is 9.41. The molecule has 0 bridgehead atoms. The second kappa shape index (κ2) is 8.53. The number of aryl methyl sites for hydroxylation is 1. The Kier molecular flexibility index (Phi) is 5.64. The van der Waals surface area contributed by atoms with Gasteiger partial charge in [0, 0.05) is 10.9 Å². The van der Waals surface area contributed by atoms with Crippen LogP contribution in [0.5, 0.6) is 5.75 Å². The fraction of sp³-hybridized carbons (Fsp3) is 0.130. The fourth-order valence-corrected chi connectivity index (χ4v) is 4.05. The van der Waals surface area contributed by atoms with Crippen LogP contribution in [0.15, 0.2) is 54.6 Å². The summed E-state index contributed by atoms with van der Waals surface area (Å²) in [6.07, 6.45) is 0. The van der Waals surface area contributed by atoms with Gasteiger partial charge in [0.05, 0.1) is 36.7 Å². The number of hydrogen-bond acceptors (Lipinski definition) is 7. The van der Waals surface area contributed by atoms with Crippen LogP contribution in [0.1, 0.15) is 25.7 Å². The van der Waals surface area contributed by atoms with Crippen molar-refractivity contribution in [2.75, 3.05) is 19.5 Å². The first kappa shape index (κ1) is 20.5. The van der Waals surface area contributed by atoms with Crippen molar-refractivity contribution in [3.8, 4) is 17.0 Å². The van der Waals surface area contributed by atoms with Gasteiger partial charge in [-0.05, 0) is 43.3 Å². The maximum Gasteiger partial charge on any atom is 0.350 e. The number of amides is 1. The molecule has 0 saturated heterocycles. The first-order chi connectivity index (χ1) is 15.0. The van der Waals surface area contributed by atoms with E-state index in [4.69, 9.17) is 14.5 Å². The van der Waals surface area contributed by atoms with Crippen molar-refractivity contribution in [1.29, 1.82) is 0 Å². The Morgan fingerprint density at radius 2 is 1.74 bits per heavy atom. The van der Waals surface area contributed by atoms with E-state index in [1.807, 2.05) is 48.5 Å². The highest BCUT2D eigenvalue weighted by Gasteiger charge is 2.19. The minimum absolute atomic E-state index is 0.329. The maximum absolute atomic E-state index is 13.2. The van der Waals surface area contributed by atoms with Crippen molar-refractivity contribution in [2.24, 2.45) is 0 Å². The fourth-order valence-electron chi connectivity index (χ4n) is 3.17. The number of thiazole rings is 1. The van der Waals surface area contributed by atoms with Crippen LogP contribution in [-0.2, 0) is 4.74 Å². The minimum Gasteiger partial charge on any atom is -0.497 e. The topological polar surface area (TPSA) is 90.4 Å². The Balaban J connectivity index is 1.73. The highest BCUT2D eigenvalue weighted by molar-refractivity contribution is 7.17. The molecule has 0 radical (unpaired) electrons. The van der Waals surface area contributed by atoms with Crippen molar-refractivity contribution >= 4 is 39.2 Å². The number of nitrogens with one attached hydrogen (secondary N) is 1. The van der Waals surface area contributed by atoms with E-state index in [1.165, 1.54) is 7.11 Å². The average Bonchev–Trinajstić information content (AvgIpc) is 3.17. The first-order valence-corrected chi connectivity index (χ1v) is 10.2. The molecule has 1 N–H and O–H groups in total. The third-order valence-electron chi connectivity index (χ3n) is 4.73. The van der Waals surface area contributed by atoms with Crippen LogP contribution in [0.3, 0.4) is 0 Å². The number of fused-ring (bicyclic) bond motifs is 1. The molecule has 0 unspecified atom stereocenters. The molecule has 7 nitrogen and oxygen atoms in total. The Bertz CT molecular complexity index is 1280. The van der Waals surface area contributed by atoms with Gasteiger partial charge in [-0.1, -0.05) is 29.5 Å². The zero-order chi connectivity index (χ0) is 22.0. The van der Waals surface area contributed by atoms with Gasteiger partial charge < -0.3 is 9.47 Å². The number of esters is 1. The molecule has 1 amide bonds. The molecule has 2 aromatic carbocycles. The van der Waals surface area contributed by atoms with Crippen LogP contribution in [-0.4, -0.2) is 36.1 Å². The second-order valence-electron chi connectivity index (χ2n) is 6.68. The highest BCUT2D eigenvalue weighted by atomic mass is 32.1. The summed E-state index contributed by atoms with van der Waals surface area (Å²) in [6.45, 7) is 1.70. The molecule has 4 aromatic rings. The van der Waals surface area contributed by atoms with E-state index in [2.05, 4.69) is 10.3 Å². The number of pyridine rings is 1. The Morgan fingerprint density at radius 1 is 1.00 bits per heavy atom. The van der Waals surface area contributed by atoms with Crippen molar-refractivity contribution in [2.45, 2.75) is 6.92 Å². The van der Waals surface area contributed by atoms with Gasteiger partial charge in [-0.15, -0.1) is 0 Å². The number of ether oxygens (including phenoxy) is 2. The van der Waals surface area contributed by atoms with Gasteiger partial charge >= 0.3 is 5.97 Å². The Hall–Kier alpha value is -3.78. The Labute approximate surface area is 182 Å². The summed E-state index contributed by atoms with van der Waals surface area (Å²) >= 11 is 1.08. The molecule has 156 valence electrons. The number of carbonyl (C=O) groups is 2. The molecule has 0 spiro atoms. The van der Waals surface area contributed by atoms with Crippen LogP contribution in [0.25, 0.3) is 22.2 Å². The monoisotopic (exact) mass is 433 g/mol. The molecule has 0 fully saturated rings. The lowest BCUT2D eigenvalue weighted by molar-refractivity contribution is 0.0605. The smallest absolute Gasteiger partial charge is 0.350 e. The molecule has 31 heavy (non-hydrogen) atoms. The number of methoxy groups -OCH3 is 2. The van der Waals surface area contributed by atoms with E-state index < -0.39 is 5.97 Å². The summed E-state index contributed by atoms with van der Waals surface area (Å²) in [6, 6.07) is 16.7. The predicted molar refractivity (Wildman–Crippen MR) is 120 cm³/mol. The molecule has 0 saturated carbocycles. The minimum atomic E-state index is -0.480. The summed E-state index contributed by atoms with van der Waals surface area (Å²) in [7, 11) is 2.92. The van der Waals surface area contributed by atoms with E-state index in [0.29, 0.717) is 32.5 Å². The summed E-state index contributed by atoms with van der Waals surface area (Å²) in [5.41, 5.74) is 3.19. The molecular weight excluding hydrogens is 414 g/mol. The number of rotatable bonds is 5. The number of hydrogen-bond donors (Lipinski definition) is 1. The molecular formula is C23H19N3O4S. The van der Waals surface area contributed by atoms with Gasteiger partial charge in [0.25, 0.3) is 5.91 Å². The van der Waals surface area contributed by atoms with E-state index >= 15 is 0 Å². The quantitative estimate of drug-likeness (QED) is 0.458. The van der Waals surface area contributed by atoms with Crippen LogP contribution in [0, 0.1) is 6.92 Å². The number of nitrogens with zero attached hydrogens (tertiary/aromatic N) is 2. The molecule has 8 heteroatoms. The second-order valence-corrected chi connectivity index (χ2v) is 7.68. The number of benzene rings is 2. The summed E-state index contributed by atoms with van der Waals surface area (Å²) < 4.78 is 9.98. The molecule has 0 aliphatic carbocycles. The van der Waals surface area contributed by atoms with Gasteiger partial charge in [-0.25, -0.2) is 14.8 Å². The molecule has 0 aliphatic rings. The molecule has 0 atom stereocenters. The van der Waals surface area contributed by atoms with E-state index in [1.54, 1.807) is 20.1 Å². The molecule has 4 rings (SSSR count). The van der Waals surface area contributed by atoms with Crippen LogP contribution < -0.4 is 10.1 Å². The number of carbonyl (C=O) groups excluding carboxylic acids is 2. The zero-order valence-corrected chi connectivity index (χ0v) is 17.9. The lowest BCUT2D eigenvalue weighted by atomic mass is 10.0. The van der Waals surface area contributed by atoms with E-state index in [0.717, 1.165) is 28.0 Å². The molecule has 0 aliphatic heterocycles. The normalized spacial score (nSPS) is 10.7. The predicted octanol–water partition coefficient (Wildman–Crippen LogP) is 4.71. The van der Waals surface area contributed by atoms with Crippen molar-refractivity contribution < 1.29 is 19.1 Å². The molecule has 2 heterocycles. The SMILES string of the molecule is COC(=O)c1sc(NC(=O)c2cc(-c3ccc(OC)cc3)nc3ccccc23)nc1C. The third kappa shape index (κ3) is 4.10. The number of para-hydroxylation sites is 1. The van der Waals surface area contributed by atoms with Gasteiger partial charge in [0.2, 0.25) is 0 Å². The standard InChI is InChI=1S/C23H19N3O4S/c1-13-20(22(28)30-3)31-23(24-13)26-21(27)17-12-19(14-8-10-15(29-2)11-9-14)25-18-7-5-4-6-16(17)18/h4-12H,1-3H3,(H,24,26,27). The zero-order valence-electron chi connectivity index (χ0n) is 17.1. The van der Waals surface area contributed by atoms with E-state index in [9.17, 15) is 9.59 Å². The van der Waals surface area contributed by atoms with Crippen LogP contribution in [0.2, 0.25) is 0 Å². The van der Waals surface area contributed by atoms with Crippen molar-refractivity contribution in [3.05, 3.63) is 70.7 Å². The van der Waals surface area contributed by atoms with Crippen LogP contribution >= 0.6 is 11.3 Å². The Morgan fingerprint density at radius 3 is 2.45 bits per heavy atom. The van der Waals surface area contributed by atoms with Crippen LogP contribution in [0.4, 0.5) is 5.13 Å². The average molecular weight is 433 g/mol. The largest absolute Gasteiger partial charge is 0.497 e. The van der Waals surface area contributed by atoms with Gasteiger partial charge in [-0.3, -0.25) is 10.1 Å². The summed E-state index contributed by atoms with van der Waals surface area (Å²) in [5.74, 6) is -0.0757. The number of anilines is 1. The van der Waals surface area contributed by atoms with Gasteiger partial charge in [0.1, 0.15) is 10.6 Å². The van der Waals surface area contributed by atoms with Crippen molar-refractivity contribution in [1.82, 2.24) is 9.97 Å². The van der Waals surface area contributed by atoms with Gasteiger partial charge in [0.15, 0.2) is 5.13 Å². The third-order valence-corrected chi connectivity index (χ3v) is 5.79. The lowest BCUT2D eigenvalue weighted by Crippen LogP contribution is -2.13. The number of aromatic nitrogens is 2. The van der Waals surface area contributed by atoms with E-state index in [-0.39, 0.29) is 5.91 Å². The summed E-state index contributed by atoms with van der Waals surface area (Å²) in [4.78, 5) is 34.4. The maximum atomic E-state index is 13.2. The highest BCUT2D eigenvalue weighted by Crippen LogP contribution is 2.28. The van der Waals surface area contributed by atoms with Crippen molar-refractivity contribution in [3.63, 3.8) is 0 Å². The summed E-state index contributed by atoms with van der Waals surface area (Å²) in [5, 5.41) is 3.85. The van der Waals surface area contributed by atoms with Gasteiger partial charge in [-0.2, -0.15) is 0 Å².